The van der Waals surface area contributed by atoms with E-state index in [0.29, 0.717) is 21.6 Å². The standard InChI is InChI=1S/C16H15NO4S2/c1-2-9-21-12-6-4-3-5-11(12)10-13-15(20)17(16(22)23-13)8-7-14(18)19/h2-6,10H,1,7-9H2,(H,18,19)/b13-10+. The van der Waals surface area contributed by atoms with Crippen molar-refractivity contribution < 1.29 is 19.4 Å². The number of thioether (sulfide) groups is 1. The summed E-state index contributed by atoms with van der Waals surface area (Å²) in [5.41, 5.74) is 0.757. The van der Waals surface area contributed by atoms with Gasteiger partial charge in [0, 0.05) is 12.1 Å². The second-order valence-electron chi connectivity index (χ2n) is 4.61. The number of ether oxygens (including phenoxy) is 1. The number of nitrogens with zero attached hydrogens (tertiary/aromatic N) is 1. The van der Waals surface area contributed by atoms with Gasteiger partial charge in [-0.2, -0.15) is 0 Å². The van der Waals surface area contributed by atoms with Crippen LogP contribution in [0, 0.1) is 0 Å². The Morgan fingerprint density at radius 3 is 2.87 bits per heavy atom. The van der Waals surface area contributed by atoms with Crippen molar-refractivity contribution in [2.24, 2.45) is 0 Å². The van der Waals surface area contributed by atoms with Gasteiger partial charge in [-0.3, -0.25) is 14.5 Å². The average Bonchev–Trinajstić information content (AvgIpc) is 2.78. The third kappa shape index (κ3) is 4.43. The van der Waals surface area contributed by atoms with Gasteiger partial charge >= 0.3 is 5.97 Å². The highest BCUT2D eigenvalue weighted by Gasteiger charge is 2.32. The Labute approximate surface area is 143 Å². The zero-order valence-electron chi connectivity index (χ0n) is 12.2. The van der Waals surface area contributed by atoms with Crippen LogP contribution in [0.3, 0.4) is 0 Å². The van der Waals surface area contributed by atoms with Gasteiger partial charge in [-0.1, -0.05) is 54.8 Å². The molecule has 23 heavy (non-hydrogen) atoms. The number of carbonyl (C=O) groups excluding carboxylic acids is 1. The molecule has 1 amide bonds. The molecule has 1 fully saturated rings. The van der Waals surface area contributed by atoms with Gasteiger partial charge in [0.05, 0.1) is 11.3 Å². The Hall–Kier alpha value is -2.12. The summed E-state index contributed by atoms with van der Waals surface area (Å²) in [6, 6.07) is 7.33. The molecule has 1 aromatic rings. The molecule has 0 bridgehead atoms. The fourth-order valence-electron chi connectivity index (χ4n) is 1.92. The van der Waals surface area contributed by atoms with Gasteiger partial charge in [0.2, 0.25) is 0 Å². The predicted octanol–water partition coefficient (Wildman–Crippen LogP) is 2.93. The first-order chi connectivity index (χ1) is 11.0. The monoisotopic (exact) mass is 349 g/mol. The Bertz CT molecular complexity index is 684. The van der Waals surface area contributed by atoms with Gasteiger partial charge in [0.25, 0.3) is 5.91 Å². The number of rotatable bonds is 7. The lowest BCUT2D eigenvalue weighted by atomic mass is 10.2. The Morgan fingerprint density at radius 1 is 1.43 bits per heavy atom. The molecular weight excluding hydrogens is 334 g/mol. The first kappa shape index (κ1) is 17.2. The van der Waals surface area contributed by atoms with E-state index in [4.69, 9.17) is 22.1 Å². The van der Waals surface area contributed by atoms with E-state index in [-0.39, 0.29) is 18.9 Å². The number of carbonyl (C=O) groups is 2. The molecule has 0 aliphatic carbocycles. The molecule has 1 heterocycles. The minimum Gasteiger partial charge on any atom is -0.489 e. The zero-order chi connectivity index (χ0) is 16.8. The van der Waals surface area contributed by atoms with Crippen LogP contribution in [0.15, 0.2) is 41.8 Å². The van der Waals surface area contributed by atoms with Crippen LogP contribution in [0.2, 0.25) is 0 Å². The Morgan fingerprint density at radius 2 is 2.17 bits per heavy atom. The summed E-state index contributed by atoms with van der Waals surface area (Å²) in [5.74, 6) is -0.603. The van der Waals surface area contributed by atoms with Gasteiger partial charge < -0.3 is 9.84 Å². The van der Waals surface area contributed by atoms with E-state index < -0.39 is 5.97 Å². The van der Waals surface area contributed by atoms with Gasteiger partial charge in [-0.25, -0.2) is 0 Å². The molecule has 0 aromatic heterocycles. The number of carboxylic acid groups (broad SMARTS) is 1. The molecule has 1 aliphatic rings. The minimum absolute atomic E-state index is 0.0753. The zero-order valence-corrected chi connectivity index (χ0v) is 13.9. The van der Waals surface area contributed by atoms with Crippen molar-refractivity contribution in [3.63, 3.8) is 0 Å². The van der Waals surface area contributed by atoms with E-state index in [2.05, 4.69) is 6.58 Å². The largest absolute Gasteiger partial charge is 0.489 e. The quantitative estimate of drug-likeness (QED) is 0.464. The van der Waals surface area contributed by atoms with Crippen LogP contribution >= 0.6 is 24.0 Å². The van der Waals surface area contributed by atoms with Crippen molar-refractivity contribution in [1.82, 2.24) is 4.90 Å². The maximum absolute atomic E-state index is 12.4. The number of carboxylic acids is 1. The van der Waals surface area contributed by atoms with Crippen LogP contribution in [-0.2, 0) is 9.59 Å². The highest BCUT2D eigenvalue weighted by Crippen LogP contribution is 2.34. The minimum atomic E-state index is -0.966. The first-order valence-electron chi connectivity index (χ1n) is 6.83. The van der Waals surface area contributed by atoms with Crippen LogP contribution in [0.1, 0.15) is 12.0 Å². The molecular formula is C16H15NO4S2. The third-order valence-electron chi connectivity index (χ3n) is 2.99. The van der Waals surface area contributed by atoms with Gasteiger partial charge in [-0.05, 0) is 12.1 Å². The lowest BCUT2D eigenvalue weighted by Crippen LogP contribution is -2.30. The highest BCUT2D eigenvalue weighted by atomic mass is 32.2. The van der Waals surface area contributed by atoms with E-state index in [1.165, 1.54) is 4.90 Å². The normalized spacial score (nSPS) is 16.0. The molecule has 120 valence electrons. The summed E-state index contributed by atoms with van der Waals surface area (Å²) >= 11 is 6.32. The number of thiocarbonyl (C=S) groups is 1. The van der Waals surface area contributed by atoms with E-state index in [1.807, 2.05) is 18.2 Å². The van der Waals surface area contributed by atoms with Crippen molar-refractivity contribution in [2.75, 3.05) is 13.2 Å². The Kier molecular flexibility index (Phi) is 5.95. The number of para-hydroxylation sites is 1. The molecule has 0 radical (unpaired) electrons. The topological polar surface area (TPSA) is 66.8 Å². The Balaban J connectivity index is 2.20. The lowest BCUT2D eigenvalue weighted by Gasteiger charge is -2.12. The van der Waals surface area contributed by atoms with E-state index in [9.17, 15) is 9.59 Å². The lowest BCUT2D eigenvalue weighted by molar-refractivity contribution is -0.137. The maximum atomic E-state index is 12.4. The summed E-state index contributed by atoms with van der Waals surface area (Å²) < 4.78 is 5.92. The van der Waals surface area contributed by atoms with E-state index in [1.54, 1.807) is 18.2 Å². The average molecular weight is 349 g/mol. The van der Waals surface area contributed by atoms with Gasteiger partial charge in [0.15, 0.2) is 0 Å². The molecule has 7 heteroatoms. The van der Waals surface area contributed by atoms with Crippen molar-refractivity contribution in [3.8, 4) is 5.75 Å². The summed E-state index contributed by atoms with van der Waals surface area (Å²) in [4.78, 5) is 24.8. The van der Waals surface area contributed by atoms with Gasteiger partial charge in [-0.15, -0.1) is 0 Å². The van der Waals surface area contributed by atoms with Crippen molar-refractivity contribution in [1.29, 1.82) is 0 Å². The number of hydrogen-bond donors (Lipinski definition) is 1. The molecule has 2 rings (SSSR count). The van der Waals surface area contributed by atoms with Gasteiger partial charge in [0.1, 0.15) is 16.7 Å². The number of benzene rings is 1. The first-order valence-corrected chi connectivity index (χ1v) is 8.05. The summed E-state index contributed by atoms with van der Waals surface area (Å²) in [6.45, 7) is 4.05. The molecule has 0 spiro atoms. The summed E-state index contributed by atoms with van der Waals surface area (Å²) in [6.07, 6.45) is 3.21. The molecule has 0 saturated carbocycles. The van der Waals surface area contributed by atoms with Crippen molar-refractivity contribution in [3.05, 3.63) is 47.4 Å². The summed E-state index contributed by atoms with van der Waals surface area (Å²) in [5, 5.41) is 8.74. The highest BCUT2D eigenvalue weighted by molar-refractivity contribution is 8.26. The van der Waals surface area contributed by atoms with Crippen molar-refractivity contribution >= 4 is 46.3 Å². The van der Waals surface area contributed by atoms with Crippen molar-refractivity contribution in [2.45, 2.75) is 6.42 Å². The second kappa shape index (κ2) is 7.94. The fraction of sp³-hybridized carbons (Fsp3) is 0.188. The fourth-order valence-corrected chi connectivity index (χ4v) is 3.22. The van der Waals surface area contributed by atoms with Crippen LogP contribution in [0.25, 0.3) is 6.08 Å². The number of hydrogen-bond acceptors (Lipinski definition) is 5. The molecule has 1 aromatic carbocycles. The molecule has 0 unspecified atom stereocenters. The van der Waals surface area contributed by atoms with Crippen LogP contribution in [0.4, 0.5) is 0 Å². The number of aliphatic carboxylic acids is 1. The second-order valence-corrected chi connectivity index (χ2v) is 6.29. The molecule has 1 N–H and O–H groups in total. The number of amides is 1. The molecule has 0 atom stereocenters. The molecule has 5 nitrogen and oxygen atoms in total. The maximum Gasteiger partial charge on any atom is 0.305 e. The van der Waals surface area contributed by atoms with E-state index >= 15 is 0 Å². The smallest absolute Gasteiger partial charge is 0.305 e. The van der Waals surface area contributed by atoms with E-state index in [0.717, 1.165) is 17.3 Å². The SMILES string of the molecule is C=CCOc1ccccc1/C=C1/SC(=S)N(CCC(=O)O)C1=O. The van der Waals surface area contributed by atoms with Crippen LogP contribution in [-0.4, -0.2) is 39.4 Å². The molecule has 1 aliphatic heterocycles. The van der Waals surface area contributed by atoms with Crippen LogP contribution in [0.5, 0.6) is 5.75 Å². The third-order valence-corrected chi connectivity index (χ3v) is 4.36. The summed E-state index contributed by atoms with van der Waals surface area (Å²) in [7, 11) is 0. The van der Waals surface area contributed by atoms with Crippen LogP contribution < -0.4 is 4.74 Å². The molecule has 1 saturated heterocycles. The predicted molar refractivity (Wildman–Crippen MR) is 94.3 cm³/mol.